The molecule has 35 heavy (non-hydrogen) atoms. The van der Waals surface area contributed by atoms with Crippen LogP contribution in [0.15, 0.2) is 84.0 Å². The van der Waals surface area contributed by atoms with Crippen molar-refractivity contribution in [3.05, 3.63) is 101 Å². The maximum Gasteiger partial charge on any atom is 0.229 e. The molecule has 1 amide bonds. The number of hydrogen-bond acceptors (Lipinski definition) is 5. The summed E-state index contributed by atoms with van der Waals surface area (Å²) in [5.41, 5.74) is 9.22. The summed E-state index contributed by atoms with van der Waals surface area (Å²) in [7, 11) is 0. The van der Waals surface area contributed by atoms with Gasteiger partial charge in [0, 0.05) is 5.56 Å². The number of carbonyl (C=O) groups is 1. The Morgan fingerprint density at radius 2 is 1.66 bits per heavy atom. The maximum absolute atomic E-state index is 12.7. The third kappa shape index (κ3) is 6.64. The van der Waals surface area contributed by atoms with Crippen LogP contribution in [0.2, 0.25) is 0 Å². The molecule has 0 aliphatic rings. The highest BCUT2D eigenvalue weighted by atomic mass is 32.1. The Bertz CT molecular complexity index is 1300. The van der Waals surface area contributed by atoms with Crippen molar-refractivity contribution < 1.29 is 4.79 Å². The highest BCUT2D eigenvalue weighted by Gasteiger charge is 2.16. The van der Waals surface area contributed by atoms with Crippen molar-refractivity contribution >= 4 is 33.6 Å². The van der Waals surface area contributed by atoms with Crippen LogP contribution in [-0.2, 0) is 16.6 Å². The fraction of sp³-hybridized carbons (Fsp3) is 0.207. The smallest absolute Gasteiger partial charge is 0.229 e. The Hall–Kier alpha value is -3.77. The second-order valence-electron chi connectivity index (χ2n) is 9.52. The van der Waals surface area contributed by atoms with E-state index in [0.717, 1.165) is 22.4 Å². The molecule has 6 heteroatoms. The zero-order valence-corrected chi connectivity index (χ0v) is 21.3. The summed E-state index contributed by atoms with van der Waals surface area (Å²) in [5, 5.41) is 8.72. The lowest BCUT2D eigenvalue weighted by Crippen LogP contribution is -2.14. The van der Waals surface area contributed by atoms with Gasteiger partial charge in [-0.3, -0.25) is 10.2 Å². The first-order valence-corrected chi connectivity index (χ1v) is 12.4. The SMILES string of the molecule is Cc1ccc(-c2nc(N/N=C/c3ccc(C(C)(C)C)cc3)sc2NC(=O)Cc2ccccc2)cc1. The molecule has 4 aromatic rings. The zero-order valence-electron chi connectivity index (χ0n) is 20.5. The summed E-state index contributed by atoms with van der Waals surface area (Å²) in [5.74, 6) is -0.0813. The van der Waals surface area contributed by atoms with Crippen LogP contribution in [0.5, 0.6) is 0 Å². The molecule has 0 saturated heterocycles. The van der Waals surface area contributed by atoms with Crippen LogP contribution in [0.25, 0.3) is 11.3 Å². The molecule has 0 fully saturated rings. The third-order valence-corrected chi connectivity index (χ3v) is 6.44. The normalized spacial score (nSPS) is 11.5. The zero-order chi connectivity index (χ0) is 24.8. The van der Waals surface area contributed by atoms with Crippen LogP contribution in [0.1, 0.15) is 43.0 Å². The molecule has 0 unspecified atom stereocenters. The number of thiazole rings is 1. The van der Waals surface area contributed by atoms with Gasteiger partial charge in [-0.15, -0.1) is 0 Å². The first-order valence-electron chi connectivity index (χ1n) is 11.6. The van der Waals surface area contributed by atoms with Gasteiger partial charge in [0.05, 0.1) is 12.6 Å². The molecule has 0 spiro atoms. The van der Waals surface area contributed by atoms with E-state index in [9.17, 15) is 4.79 Å². The summed E-state index contributed by atoms with van der Waals surface area (Å²) >= 11 is 1.37. The van der Waals surface area contributed by atoms with Crippen molar-refractivity contribution in [2.24, 2.45) is 5.10 Å². The fourth-order valence-electron chi connectivity index (χ4n) is 3.54. The first kappa shape index (κ1) is 24.4. The number of rotatable bonds is 7. The van der Waals surface area contributed by atoms with Crippen molar-refractivity contribution in [3.8, 4) is 11.3 Å². The van der Waals surface area contributed by atoms with Crippen molar-refractivity contribution in [2.45, 2.75) is 39.5 Å². The molecule has 0 aliphatic heterocycles. The predicted octanol–water partition coefficient (Wildman–Crippen LogP) is 7.04. The van der Waals surface area contributed by atoms with Crippen LogP contribution < -0.4 is 10.7 Å². The van der Waals surface area contributed by atoms with Gasteiger partial charge in [-0.1, -0.05) is 117 Å². The van der Waals surface area contributed by atoms with Gasteiger partial charge in [0.1, 0.15) is 10.7 Å². The average molecular weight is 483 g/mol. The highest BCUT2D eigenvalue weighted by Crippen LogP contribution is 2.36. The van der Waals surface area contributed by atoms with E-state index in [2.05, 4.69) is 60.9 Å². The summed E-state index contributed by atoms with van der Waals surface area (Å²) in [4.78, 5) is 17.5. The molecule has 0 atom stereocenters. The van der Waals surface area contributed by atoms with Gasteiger partial charge < -0.3 is 5.32 Å². The minimum absolute atomic E-state index is 0.0813. The van der Waals surface area contributed by atoms with E-state index in [0.29, 0.717) is 16.6 Å². The van der Waals surface area contributed by atoms with Gasteiger partial charge in [-0.2, -0.15) is 5.10 Å². The molecule has 0 bridgehead atoms. The quantitative estimate of drug-likeness (QED) is 0.219. The molecule has 0 radical (unpaired) electrons. The molecule has 178 valence electrons. The van der Waals surface area contributed by atoms with E-state index in [1.165, 1.54) is 22.5 Å². The van der Waals surface area contributed by atoms with Crippen LogP contribution in [0.3, 0.4) is 0 Å². The molecular weight excluding hydrogens is 452 g/mol. The summed E-state index contributed by atoms with van der Waals surface area (Å²) < 4.78 is 0. The predicted molar refractivity (Wildman–Crippen MR) is 147 cm³/mol. The number of nitrogens with one attached hydrogen (secondary N) is 2. The van der Waals surface area contributed by atoms with Gasteiger partial charge in [0.15, 0.2) is 0 Å². The second kappa shape index (κ2) is 10.7. The van der Waals surface area contributed by atoms with Crippen LogP contribution in [0.4, 0.5) is 10.1 Å². The largest absolute Gasteiger partial charge is 0.316 e. The average Bonchev–Trinajstić information content (AvgIpc) is 3.22. The van der Waals surface area contributed by atoms with Crippen molar-refractivity contribution in [3.63, 3.8) is 0 Å². The number of carbonyl (C=O) groups excluding carboxylic acids is 1. The van der Waals surface area contributed by atoms with Crippen LogP contribution >= 0.6 is 11.3 Å². The molecule has 2 N–H and O–H groups in total. The molecular formula is C29H30N4OS. The number of aryl methyl sites for hydroxylation is 1. The van der Waals surface area contributed by atoms with Gasteiger partial charge in [-0.25, -0.2) is 4.98 Å². The minimum Gasteiger partial charge on any atom is -0.316 e. The maximum atomic E-state index is 12.7. The fourth-order valence-corrected chi connectivity index (χ4v) is 4.40. The molecule has 0 saturated carbocycles. The topological polar surface area (TPSA) is 66.4 Å². The van der Waals surface area contributed by atoms with Gasteiger partial charge in [0.25, 0.3) is 0 Å². The molecule has 1 aromatic heterocycles. The number of anilines is 2. The Kier molecular flexibility index (Phi) is 7.42. The van der Waals surface area contributed by atoms with Gasteiger partial charge >= 0.3 is 0 Å². The van der Waals surface area contributed by atoms with E-state index in [1.807, 2.05) is 61.5 Å². The number of benzene rings is 3. The Morgan fingerprint density at radius 1 is 0.971 bits per heavy atom. The lowest BCUT2D eigenvalue weighted by molar-refractivity contribution is -0.115. The number of nitrogens with zero attached hydrogens (tertiary/aromatic N) is 2. The van der Waals surface area contributed by atoms with Crippen molar-refractivity contribution in [1.82, 2.24) is 4.98 Å². The van der Waals surface area contributed by atoms with Crippen molar-refractivity contribution in [2.75, 3.05) is 10.7 Å². The molecule has 3 aromatic carbocycles. The Morgan fingerprint density at radius 3 is 2.31 bits per heavy atom. The van der Waals surface area contributed by atoms with E-state index in [-0.39, 0.29) is 11.3 Å². The number of amides is 1. The highest BCUT2D eigenvalue weighted by molar-refractivity contribution is 7.20. The lowest BCUT2D eigenvalue weighted by atomic mass is 9.87. The summed E-state index contributed by atoms with van der Waals surface area (Å²) in [6, 6.07) is 26.2. The van der Waals surface area contributed by atoms with Crippen LogP contribution in [0, 0.1) is 6.92 Å². The molecule has 4 rings (SSSR count). The number of hydrogen-bond donors (Lipinski definition) is 2. The van der Waals surface area contributed by atoms with E-state index in [1.54, 1.807) is 6.21 Å². The standard InChI is InChI=1S/C29H30N4OS/c1-20-10-14-23(15-11-20)26-27(31-25(34)18-21-8-6-5-7-9-21)35-28(32-26)33-30-19-22-12-16-24(17-13-22)29(2,3)4/h5-17,19H,18H2,1-4H3,(H,31,34)(H,32,33)/b30-19+. The van der Waals surface area contributed by atoms with Gasteiger partial charge in [-0.05, 0) is 29.0 Å². The van der Waals surface area contributed by atoms with E-state index < -0.39 is 0 Å². The van der Waals surface area contributed by atoms with E-state index >= 15 is 0 Å². The second-order valence-corrected chi connectivity index (χ2v) is 10.5. The Labute approximate surface area is 211 Å². The molecule has 5 nitrogen and oxygen atoms in total. The van der Waals surface area contributed by atoms with Crippen molar-refractivity contribution in [1.29, 1.82) is 0 Å². The lowest BCUT2D eigenvalue weighted by Gasteiger charge is -2.18. The summed E-state index contributed by atoms with van der Waals surface area (Å²) in [6.07, 6.45) is 2.07. The minimum atomic E-state index is -0.0813. The monoisotopic (exact) mass is 482 g/mol. The van der Waals surface area contributed by atoms with E-state index in [4.69, 9.17) is 4.98 Å². The number of hydrazone groups is 1. The molecule has 0 aliphatic carbocycles. The first-order chi connectivity index (χ1) is 16.8. The Balaban J connectivity index is 1.52. The summed E-state index contributed by atoms with van der Waals surface area (Å²) in [6.45, 7) is 8.63. The number of aromatic nitrogens is 1. The molecule has 1 heterocycles. The third-order valence-electron chi connectivity index (χ3n) is 5.56. The van der Waals surface area contributed by atoms with Gasteiger partial charge in [0.2, 0.25) is 11.0 Å². The van der Waals surface area contributed by atoms with Crippen LogP contribution in [-0.4, -0.2) is 17.1 Å².